The maximum absolute atomic E-state index is 13.9. The van der Waals surface area contributed by atoms with Crippen LogP contribution in [0.3, 0.4) is 0 Å². The Morgan fingerprint density at radius 3 is 1.06 bits per heavy atom. The fourth-order valence-electron chi connectivity index (χ4n) is 5.66. The fourth-order valence-corrected chi connectivity index (χ4v) is 5.66. The summed E-state index contributed by atoms with van der Waals surface area (Å²) in [6.07, 6.45) is 3.64. The predicted molar refractivity (Wildman–Crippen MR) is 207 cm³/mol. The first kappa shape index (κ1) is 33.6. The maximum Gasteiger partial charge on any atom is 0.258 e. The van der Waals surface area contributed by atoms with E-state index in [2.05, 4.69) is 50.2 Å². The SMILES string of the molecule is CCCCn1c(=O)c2ccc(cc2)c(=O)n(CCCC)c2ccc(c#cc3ccccc3c#cc3ccccc3c#cc3ccc1cc3)cc2. The lowest BCUT2D eigenvalue weighted by atomic mass is 10.2. The van der Waals surface area contributed by atoms with Crippen LogP contribution in [0.1, 0.15) is 39.5 Å². The minimum absolute atomic E-state index is 0.105. The van der Waals surface area contributed by atoms with Crippen molar-refractivity contribution in [2.45, 2.75) is 52.6 Å². The number of benzene rings is 5. The average molecular weight is 651 g/mol. The molecule has 0 saturated carbocycles. The van der Waals surface area contributed by atoms with E-state index in [4.69, 9.17) is 0 Å². The van der Waals surface area contributed by atoms with Crippen LogP contribution in [0.2, 0.25) is 0 Å². The molecule has 5 aromatic carbocycles. The van der Waals surface area contributed by atoms with E-state index in [-0.39, 0.29) is 11.1 Å². The van der Waals surface area contributed by atoms with Crippen LogP contribution in [-0.2, 0) is 13.1 Å². The Kier molecular flexibility index (Phi) is 10.9. The Bertz CT molecular complexity index is 2290. The quantitative estimate of drug-likeness (QED) is 0.180. The molecule has 5 aromatic heterocycles. The van der Waals surface area contributed by atoms with Crippen molar-refractivity contribution in [1.29, 1.82) is 0 Å². The monoisotopic (exact) mass is 650 g/mol. The first-order valence-electron chi connectivity index (χ1n) is 17.2. The molecule has 4 nitrogen and oxygen atoms in total. The van der Waals surface area contributed by atoms with E-state index >= 15 is 0 Å². The summed E-state index contributed by atoms with van der Waals surface area (Å²) >= 11 is 0. The van der Waals surface area contributed by atoms with Gasteiger partial charge in [0.15, 0.2) is 0 Å². The van der Waals surface area contributed by atoms with Gasteiger partial charge in [-0.2, -0.15) is 0 Å². The second-order valence-electron chi connectivity index (χ2n) is 12.1. The van der Waals surface area contributed by atoms with Crippen molar-refractivity contribution in [3.63, 3.8) is 0 Å². The summed E-state index contributed by atoms with van der Waals surface area (Å²) in [6.45, 7) is 5.39. The minimum Gasteiger partial charge on any atom is -0.308 e. The van der Waals surface area contributed by atoms with Crippen molar-refractivity contribution < 1.29 is 0 Å². The molecule has 244 valence electrons. The average Bonchev–Trinajstić information content (AvgIpc) is 3.16. The number of hydrogen-bond acceptors (Lipinski definition) is 2. The Morgan fingerprint density at radius 1 is 0.420 bits per heavy atom. The molecule has 10 rings (SSSR count). The number of rotatable bonds is 6. The number of unbranched alkanes of at least 4 members (excludes halogenated alkanes) is 2. The third kappa shape index (κ3) is 8.05. The van der Waals surface area contributed by atoms with E-state index in [1.54, 1.807) is 24.3 Å². The van der Waals surface area contributed by atoms with Gasteiger partial charge in [0.05, 0.1) is 0 Å². The van der Waals surface area contributed by atoms with Gasteiger partial charge in [-0.05, 0) is 110 Å². The van der Waals surface area contributed by atoms with Crippen LogP contribution in [-0.4, -0.2) is 9.13 Å². The van der Waals surface area contributed by atoms with E-state index in [9.17, 15) is 9.59 Å². The highest BCUT2D eigenvalue weighted by molar-refractivity contribution is 5.81. The molecule has 0 aliphatic heterocycles. The summed E-state index contributed by atoms with van der Waals surface area (Å²) in [5.74, 6) is 0. The largest absolute Gasteiger partial charge is 0.308 e. The molecule has 50 heavy (non-hydrogen) atoms. The molecule has 4 heteroatoms. The van der Waals surface area contributed by atoms with E-state index in [1.807, 2.05) is 106 Å². The van der Waals surface area contributed by atoms with Crippen molar-refractivity contribution in [2.75, 3.05) is 0 Å². The summed E-state index contributed by atoms with van der Waals surface area (Å²) in [6, 6.07) is 58.1. The molecule has 10 aromatic rings. The predicted octanol–water partition coefficient (Wildman–Crippen LogP) is 10.1. The van der Waals surface area contributed by atoms with Gasteiger partial charge in [-0.15, -0.1) is 0 Å². The van der Waals surface area contributed by atoms with Gasteiger partial charge in [0.1, 0.15) is 0 Å². The molecular weight excluding hydrogens is 613 g/mol. The Hall–Kier alpha value is -6.28. The number of aryl methyl sites for hydroxylation is 2. The van der Waals surface area contributed by atoms with Crippen molar-refractivity contribution in [3.8, 4) is 0 Å². The van der Waals surface area contributed by atoms with Crippen LogP contribution in [0.4, 0.5) is 0 Å². The van der Waals surface area contributed by atoms with Gasteiger partial charge in [0, 0.05) is 67.2 Å². The van der Waals surface area contributed by atoms with Crippen LogP contribution < -0.4 is 11.1 Å². The van der Waals surface area contributed by atoms with Gasteiger partial charge in [-0.1, -0.05) is 87.4 Å². The highest BCUT2D eigenvalue weighted by Gasteiger charge is 2.03. The topological polar surface area (TPSA) is 44.0 Å². The first-order chi connectivity index (χ1) is 24.5. The maximum atomic E-state index is 13.9. The van der Waals surface area contributed by atoms with E-state index in [1.165, 1.54) is 0 Å². The van der Waals surface area contributed by atoms with Crippen LogP contribution >= 0.6 is 0 Å². The number of hydrogen-bond donors (Lipinski definition) is 0. The van der Waals surface area contributed by atoms with Gasteiger partial charge in [-0.25, -0.2) is 0 Å². The van der Waals surface area contributed by atoms with E-state index in [0.717, 1.165) is 69.0 Å². The lowest BCUT2D eigenvalue weighted by Gasteiger charge is -2.07. The molecule has 0 aliphatic carbocycles. The molecule has 0 N–H and O–H groups in total. The fraction of sp³-hybridized carbons (Fsp3) is 0.174. The van der Waals surface area contributed by atoms with Crippen LogP contribution in [0.25, 0.3) is 54.1 Å². The second kappa shape index (κ2) is 16.2. The van der Waals surface area contributed by atoms with Crippen molar-refractivity contribution in [2.24, 2.45) is 0 Å². The van der Waals surface area contributed by atoms with Gasteiger partial charge >= 0.3 is 0 Å². The smallest absolute Gasteiger partial charge is 0.258 e. The zero-order valence-electron chi connectivity index (χ0n) is 28.5. The molecule has 0 aliphatic rings. The third-order valence-corrected chi connectivity index (χ3v) is 8.57. The summed E-state index contributed by atoms with van der Waals surface area (Å²) in [4.78, 5) is 27.7. The summed E-state index contributed by atoms with van der Waals surface area (Å²) < 4.78 is 3.62. The lowest BCUT2D eigenvalue weighted by Crippen LogP contribution is -2.20. The standard InChI is InChI=1S/C46H38N2O2/c1-3-5-33-47-43-29-17-35(18-30-43)15-21-37-11-7-9-13-39(37)23-24-40-14-10-8-12-38(40)22-16-36-19-31-44(32-20-36)48(34-6-4-2)46(50)42-27-25-41(26-28-42)45(47)49/h7-14,17-20,25-32H,3-6,33-34H2,1-2H3. The van der Waals surface area contributed by atoms with E-state index < -0.39 is 0 Å². The zero-order chi connectivity index (χ0) is 34.7. The normalized spacial score (nSPS) is 10.4. The number of aromatic nitrogens is 2. The Labute approximate surface area is 293 Å². The van der Waals surface area contributed by atoms with Gasteiger partial charge < -0.3 is 9.13 Å². The summed E-state index contributed by atoms with van der Waals surface area (Å²) in [5.41, 5.74) is 1.40. The number of nitrogens with zero attached hydrogens (tertiary/aromatic N) is 2. The molecule has 0 spiro atoms. The molecule has 5 heterocycles. The molecule has 0 saturated heterocycles. The molecule has 6 bridgehead atoms. The lowest BCUT2D eigenvalue weighted by molar-refractivity contribution is 0.634. The summed E-state index contributed by atoms with van der Waals surface area (Å²) in [5, 5.41) is 6.08. The minimum atomic E-state index is -0.105. The highest BCUT2D eigenvalue weighted by atomic mass is 16.1. The van der Waals surface area contributed by atoms with Crippen molar-refractivity contribution in [3.05, 3.63) is 178 Å². The Morgan fingerprint density at radius 2 is 0.740 bits per heavy atom. The highest BCUT2D eigenvalue weighted by Crippen LogP contribution is 2.11. The molecule has 0 fully saturated rings. The van der Waals surface area contributed by atoms with Gasteiger partial charge in [-0.3, -0.25) is 9.59 Å². The van der Waals surface area contributed by atoms with Crippen LogP contribution in [0, 0.1) is 36.4 Å². The van der Waals surface area contributed by atoms with E-state index in [0.29, 0.717) is 23.9 Å². The molecule has 0 amide bonds. The van der Waals surface area contributed by atoms with Gasteiger partial charge in [0.25, 0.3) is 11.1 Å². The van der Waals surface area contributed by atoms with Gasteiger partial charge in [0.2, 0.25) is 0 Å². The third-order valence-electron chi connectivity index (χ3n) is 8.57. The first-order valence-corrected chi connectivity index (χ1v) is 17.2. The van der Waals surface area contributed by atoms with Crippen molar-refractivity contribution in [1.82, 2.24) is 9.13 Å². The Balaban J connectivity index is 1.66. The molecule has 0 radical (unpaired) electrons. The van der Waals surface area contributed by atoms with Crippen LogP contribution in [0.15, 0.2) is 131 Å². The summed E-state index contributed by atoms with van der Waals surface area (Å²) in [7, 11) is 0. The molecular formula is C46H38N2O2. The number of fused-ring (bicyclic) bond motifs is 1. The van der Waals surface area contributed by atoms with Crippen molar-refractivity contribution >= 4 is 54.1 Å². The molecule has 0 atom stereocenters. The van der Waals surface area contributed by atoms with Crippen LogP contribution in [0.5, 0.6) is 0 Å². The zero-order valence-corrected chi connectivity index (χ0v) is 28.5. The second-order valence-corrected chi connectivity index (χ2v) is 12.1. The molecule has 0 unspecified atom stereocenters.